The zero-order chi connectivity index (χ0) is 12.4. The molecule has 0 N–H and O–H groups in total. The number of aldehydes is 1. The summed E-state index contributed by atoms with van der Waals surface area (Å²) in [5, 5.41) is 0.202. The largest absolute Gasteiger partial charge is 0.463 e. The van der Waals surface area contributed by atoms with E-state index in [0.717, 1.165) is 6.26 Å². The van der Waals surface area contributed by atoms with Crippen LogP contribution in [-0.2, 0) is 4.79 Å². The highest BCUT2D eigenvalue weighted by atomic mass is 16.5. The van der Waals surface area contributed by atoms with E-state index in [-0.39, 0.29) is 16.7 Å². The number of ether oxygens (including phenoxy) is 1. The molecular weight excluding hydrogens is 224 g/mol. The van der Waals surface area contributed by atoms with Gasteiger partial charge in [-0.2, -0.15) is 0 Å². The minimum atomic E-state index is -0.486. The molecule has 0 fully saturated rings. The fourth-order valence-corrected chi connectivity index (χ4v) is 1.44. The first-order valence-corrected chi connectivity index (χ1v) is 4.81. The monoisotopic (exact) mass is 232 g/mol. The van der Waals surface area contributed by atoms with Crippen molar-refractivity contribution in [3.8, 4) is 5.75 Å². The number of carbonyl (C=O) groups excluding carboxylic acids is 2. The number of esters is 1. The second-order valence-corrected chi connectivity index (χ2v) is 3.39. The molecule has 1 heterocycles. The molecule has 0 spiro atoms. The van der Waals surface area contributed by atoms with Gasteiger partial charge in [0.2, 0.25) is 5.43 Å². The Labute approximate surface area is 95.6 Å². The molecule has 5 nitrogen and oxygen atoms in total. The van der Waals surface area contributed by atoms with Crippen LogP contribution in [0.1, 0.15) is 17.3 Å². The molecule has 0 saturated heterocycles. The van der Waals surface area contributed by atoms with Crippen molar-refractivity contribution in [3.63, 3.8) is 0 Å². The molecule has 2 rings (SSSR count). The van der Waals surface area contributed by atoms with Crippen LogP contribution < -0.4 is 10.2 Å². The molecule has 2 aromatic rings. The van der Waals surface area contributed by atoms with Crippen LogP contribution in [0.2, 0.25) is 0 Å². The lowest BCUT2D eigenvalue weighted by Gasteiger charge is -2.02. The third-order valence-electron chi connectivity index (χ3n) is 2.16. The topological polar surface area (TPSA) is 73.6 Å². The van der Waals surface area contributed by atoms with Gasteiger partial charge in [0.1, 0.15) is 17.6 Å². The van der Waals surface area contributed by atoms with E-state index >= 15 is 0 Å². The average molecular weight is 232 g/mol. The fraction of sp³-hybridized carbons (Fsp3) is 0.0833. The summed E-state index contributed by atoms with van der Waals surface area (Å²) >= 11 is 0. The molecule has 86 valence electrons. The van der Waals surface area contributed by atoms with Crippen LogP contribution in [0.4, 0.5) is 0 Å². The second-order valence-electron chi connectivity index (χ2n) is 3.39. The van der Waals surface area contributed by atoms with Crippen LogP contribution in [0.5, 0.6) is 5.75 Å². The van der Waals surface area contributed by atoms with Gasteiger partial charge in [0, 0.05) is 6.92 Å². The highest BCUT2D eigenvalue weighted by Gasteiger charge is 2.08. The van der Waals surface area contributed by atoms with Crippen molar-refractivity contribution in [1.29, 1.82) is 0 Å². The molecule has 0 amide bonds. The molecule has 0 unspecified atom stereocenters. The first-order chi connectivity index (χ1) is 8.11. The van der Waals surface area contributed by atoms with Gasteiger partial charge in [0.15, 0.2) is 6.29 Å². The molecule has 0 aliphatic rings. The lowest BCUT2D eigenvalue weighted by Crippen LogP contribution is -2.08. The predicted octanol–water partition coefficient (Wildman–Crippen LogP) is 1.53. The lowest BCUT2D eigenvalue weighted by molar-refractivity contribution is -0.131. The smallest absolute Gasteiger partial charge is 0.308 e. The number of benzene rings is 1. The fourth-order valence-electron chi connectivity index (χ4n) is 1.44. The summed E-state index contributed by atoms with van der Waals surface area (Å²) in [7, 11) is 0. The Morgan fingerprint density at radius 2 is 2.18 bits per heavy atom. The van der Waals surface area contributed by atoms with Crippen molar-refractivity contribution < 1.29 is 18.7 Å². The molecule has 1 aromatic carbocycles. The third-order valence-corrected chi connectivity index (χ3v) is 2.16. The van der Waals surface area contributed by atoms with E-state index in [1.54, 1.807) is 0 Å². The van der Waals surface area contributed by atoms with Crippen LogP contribution in [-0.4, -0.2) is 12.3 Å². The summed E-state index contributed by atoms with van der Waals surface area (Å²) in [4.78, 5) is 33.1. The number of rotatable bonds is 2. The number of carbonyl (C=O) groups is 2. The Morgan fingerprint density at radius 3 is 2.82 bits per heavy atom. The number of hydrogen-bond donors (Lipinski definition) is 0. The average Bonchev–Trinajstić information content (AvgIpc) is 2.29. The summed E-state index contributed by atoms with van der Waals surface area (Å²) in [5.41, 5.74) is -0.191. The molecule has 0 saturated carbocycles. The Bertz CT molecular complexity index is 653. The first-order valence-electron chi connectivity index (χ1n) is 4.81. The van der Waals surface area contributed by atoms with Gasteiger partial charge < -0.3 is 9.15 Å². The number of fused-ring (bicyclic) bond motifs is 1. The van der Waals surface area contributed by atoms with Crippen molar-refractivity contribution in [1.82, 2.24) is 0 Å². The molecule has 0 bridgehead atoms. The number of hydrogen-bond acceptors (Lipinski definition) is 5. The predicted molar refractivity (Wildman–Crippen MR) is 59.2 cm³/mol. The Hall–Kier alpha value is -2.43. The first kappa shape index (κ1) is 11.1. The minimum Gasteiger partial charge on any atom is -0.463 e. The SMILES string of the molecule is CC(=O)Oc1ccc2occ(C=O)c(=O)c2c1. The molecular formula is C12H8O5. The van der Waals surface area contributed by atoms with Crippen LogP contribution >= 0.6 is 0 Å². The van der Waals surface area contributed by atoms with Crippen LogP contribution in [0.3, 0.4) is 0 Å². The van der Waals surface area contributed by atoms with Crippen molar-refractivity contribution >= 4 is 23.2 Å². The van der Waals surface area contributed by atoms with E-state index in [2.05, 4.69) is 0 Å². The lowest BCUT2D eigenvalue weighted by atomic mass is 10.2. The van der Waals surface area contributed by atoms with Gasteiger partial charge >= 0.3 is 5.97 Å². The second kappa shape index (κ2) is 4.21. The van der Waals surface area contributed by atoms with Gasteiger partial charge in [-0.25, -0.2) is 0 Å². The Morgan fingerprint density at radius 1 is 1.41 bits per heavy atom. The normalized spacial score (nSPS) is 10.2. The molecule has 1 aromatic heterocycles. The third kappa shape index (κ3) is 2.08. The quantitative estimate of drug-likeness (QED) is 0.446. The van der Waals surface area contributed by atoms with Crippen LogP contribution in [0.15, 0.2) is 33.7 Å². The van der Waals surface area contributed by atoms with E-state index in [1.165, 1.54) is 25.1 Å². The molecule has 0 atom stereocenters. The van der Waals surface area contributed by atoms with Gasteiger partial charge in [0.05, 0.1) is 10.9 Å². The molecule has 5 heteroatoms. The van der Waals surface area contributed by atoms with Crippen molar-refractivity contribution in [3.05, 3.63) is 40.2 Å². The summed E-state index contributed by atoms with van der Waals surface area (Å²) in [5.74, 6) is -0.249. The molecule has 0 aliphatic carbocycles. The summed E-state index contributed by atoms with van der Waals surface area (Å²) in [6, 6.07) is 4.38. The van der Waals surface area contributed by atoms with Gasteiger partial charge in [-0.15, -0.1) is 0 Å². The van der Waals surface area contributed by atoms with E-state index in [4.69, 9.17) is 9.15 Å². The van der Waals surface area contributed by atoms with Gasteiger partial charge in [0.25, 0.3) is 0 Å². The van der Waals surface area contributed by atoms with E-state index < -0.39 is 11.4 Å². The standard InChI is InChI=1S/C12H8O5/c1-7(14)17-9-2-3-11-10(4-9)12(15)8(5-13)6-16-11/h2-6H,1H3. The van der Waals surface area contributed by atoms with Gasteiger partial charge in [-0.1, -0.05) is 0 Å². The Kier molecular flexibility index (Phi) is 2.74. The van der Waals surface area contributed by atoms with E-state index in [9.17, 15) is 14.4 Å². The maximum atomic E-state index is 11.8. The maximum absolute atomic E-state index is 11.8. The Balaban J connectivity index is 2.66. The molecule has 0 aliphatic heterocycles. The van der Waals surface area contributed by atoms with Crippen molar-refractivity contribution in [2.24, 2.45) is 0 Å². The minimum absolute atomic E-state index is 0.0718. The van der Waals surface area contributed by atoms with Crippen molar-refractivity contribution in [2.75, 3.05) is 0 Å². The van der Waals surface area contributed by atoms with E-state index in [1.807, 2.05) is 0 Å². The molecule has 17 heavy (non-hydrogen) atoms. The summed E-state index contributed by atoms with van der Waals surface area (Å²) < 4.78 is 9.95. The highest BCUT2D eigenvalue weighted by Crippen LogP contribution is 2.18. The van der Waals surface area contributed by atoms with Crippen LogP contribution in [0, 0.1) is 0 Å². The van der Waals surface area contributed by atoms with Gasteiger partial charge in [-0.05, 0) is 18.2 Å². The summed E-state index contributed by atoms with van der Waals surface area (Å²) in [6.45, 7) is 1.26. The van der Waals surface area contributed by atoms with Crippen molar-refractivity contribution in [2.45, 2.75) is 6.92 Å². The van der Waals surface area contributed by atoms with Gasteiger partial charge in [-0.3, -0.25) is 14.4 Å². The zero-order valence-corrected chi connectivity index (χ0v) is 8.93. The van der Waals surface area contributed by atoms with E-state index in [0.29, 0.717) is 11.9 Å². The summed E-state index contributed by atoms with van der Waals surface area (Å²) in [6.07, 6.45) is 1.52. The highest BCUT2D eigenvalue weighted by molar-refractivity contribution is 5.85. The zero-order valence-electron chi connectivity index (χ0n) is 8.93. The molecule has 0 radical (unpaired) electrons. The maximum Gasteiger partial charge on any atom is 0.308 e. The van der Waals surface area contributed by atoms with Crippen LogP contribution in [0.25, 0.3) is 11.0 Å².